The summed E-state index contributed by atoms with van der Waals surface area (Å²) < 4.78 is 5.17. The van der Waals surface area contributed by atoms with E-state index in [1.807, 2.05) is 18.2 Å². The first-order valence-corrected chi connectivity index (χ1v) is 6.96. The number of nitrogens with two attached hydrogens (primary N) is 1. The van der Waals surface area contributed by atoms with E-state index in [0.717, 1.165) is 24.4 Å². The number of rotatable bonds is 7. The van der Waals surface area contributed by atoms with Crippen LogP contribution in [0.1, 0.15) is 11.1 Å². The maximum absolute atomic E-state index is 8.73. The number of amidine groups is 1. The lowest BCUT2D eigenvalue weighted by molar-refractivity contribution is 0.318. The highest BCUT2D eigenvalue weighted by Gasteiger charge is 2.08. The molecule has 0 aliphatic heterocycles. The first kappa shape index (κ1) is 14.7. The quantitative estimate of drug-likeness (QED) is 0.228. The zero-order chi connectivity index (χ0) is 13.4. The van der Waals surface area contributed by atoms with E-state index < -0.39 is 0 Å². The van der Waals surface area contributed by atoms with Crippen LogP contribution in [0, 0.1) is 0 Å². The van der Waals surface area contributed by atoms with Gasteiger partial charge in [0.1, 0.15) is 5.75 Å². The van der Waals surface area contributed by atoms with Gasteiger partial charge in [-0.15, -0.1) is 0 Å². The van der Waals surface area contributed by atoms with E-state index in [1.54, 1.807) is 18.9 Å². The van der Waals surface area contributed by atoms with Crippen LogP contribution in [0.5, 0.6) is 5.75 Å². The maximum atomic E-state index is 8.73. The Morgan fingerprint density at radius 2 is 2.33 bits per heavy atom. The standard InChI is InChI=1S/C12H19N3O2S/c1-17-11-4-3-9(8-14-5-6-18-2)7-10(11)12(13)15-16/h3-4,7,14,16H,5-6,8H2,1-2H3,(H2,13,15). The van der Waals surface area contributed by atoms with E-state index >= 15 is 0 Å². The molecule has 0 bridgehead atoms. The summed E-state index contributed by atoms with van der Waals surface area (Å²) in [4.78, 5) is 0. The van der Waals surface area contributed by atoms with Crippen LogP contribution in [-0.4, -0.2) is 36.7 Å². The predicted molar refractivity (Wildman–Crippen MR) is 75.6 cm³/mol. The van der Waals surface area contributed by atoms with Crippen molar-refractivity contribution in [2.45, 2.75) is 6.54 Å². The summed E-state index contributed by atoms with van der Waals surface area (Å²) in [5, 5.41) is 15.1. The fraction of sp³-hybridized carbons (Fsp3) is 0.417. The van der Waals surface area contributed by atoms with Crippen LogP contribution < -0.4 is 15.8 Å². The van der Waals surface area contributed by atoms with Crippen LogP contribution in [0.2, 0.25) is 0 Å². The van der Waals surface area contributed by atoms with Crippen LogP contribution in [0.25, 0.3) is 0 Å². The fourth-order valence-corrected chi connectivity index (χ4v) is 1.87. The van der Waals surface area contributed by atoms with Gasteiger partial charge in [0, 0.05) is 18.8 Å². The third kappa shape index (κ3) is 4.12. The first-order chi connectivity index (χ1) is 8.72. The first-order valence-electron chi connectivity index (χ1n) is 5.57. The normalized spacial score (nSPS) is 11.6. The highest BCUT2D eigenvalue weighted by atomic mass is 32.2. The molecule has 4 N–H and O–H groups in total. The second-order valence-electron chi connectivity index (χ2n) is 3.69. The Balaban J connectivity index is 2.76. The monoisotopic (exact) mass is 269 g/mol. The lowest BCUT2D eigenvalue weighted by atomic mass is 10.1. The van der Waals surface area contributed by atoms with Gasteiger partial charge in [0.2, 0.25) is 0 Å². The summed E-state index contributed by atoms with van der Waals surface area (Å²) in [6, 6.07) is 5.64. The molecule has 0 amide bonds. The van der Waals surface area contributed by atoms with Crippen molar-refractivity contribution in [3.05, 3.63) is 29.3 Å². The van der Waals surface area contributed by atoms with Gasteiger partial charge in [0.15, 0.2) is 5.84 Å². The van der Waals surface area contributed by atoms with Crippen molar-refractivity contribution in [1.29, 1.82) is 0 Å². The number of thioether (sulfide) groups is 1. The SMILES string of the molecule is COc1ccc(CNCCSC)cc1C(N)=NO. The van der Waals surface area contributed by atoms with Crippen LogP contribution >= 0.6 is 11.8 Å². The molecule has 0 heterocycles. The molecule has 0 aromatic heterocycles. The summed E-state index contributed by atoms with van der Waals surface area (Å²) in [7, 11) is 1.56. The van der Waals surface area contributed by atoms with Crippen molar-refractivity contribution in [3.8, 4) is 5.75 Å². The Morgan fingerprint density at radius 1 is 1.56 bits per heavy atom. The molecule has 0 saturated heterocycles. The average molecular weight is 269 g/mol. The molecule has 0 unspecified atom stereocenters. The zero-order valence-corrected chi connectivity index (χ0v) is 11.5. The molecule has 100 valence electrons. The van der Waals surface area contributed by atoms with Crippen molar-refractivity contribution in [2.24, 2.45) is 10.9 Å². The summed E-state index contributed by atoms with van der Waals surface area (Å²) in [5.41, 5.74) is 7.28. The predicted octanol–water partition coefficient (Wildman–Crippen LogP) is 1.24. The minimum absolute atomic E-state index is 0.0535. The van der Waals surface area contributed by atoms with Crippen LogP contribution in [0.3, 0.4) is 0 Å². The summed E-state index contributed by atoms with van der Waals surface area (Å²) in [6.45, 7) is 1.70. The van der Waals surface area contributed by atoms with E-state index in [4.69, 9.17) is 15.7 Å². The number of ether oxygens (including phenoxy) is 1. The van der Waals surface area contributed by atoms with Crippen LogP contribution in [0.15, 0.2) is 23.4 Å². The minimum Gasteiger partial charge on any atom is -0.496 e. The van der Waals surface area contributed by atoms with Gasteiger partial charge in [-0.25, -0.2) is 0 Å². The number of nitrogens with one attached hydrogen (secondary N) is 1. The molecule has 1 aromatic carbocycles. The van der Waals surface area contributed by atoms with Crippen molar-refractivity contribution >= 4 is 17.6 Å². The molecule has 0 saturated carbocycles. The van der Waals surface area contributed by atoms with E-state index in [-0.39, 0.29) is 5.84 Å². The van der Waals surface area contributed by atoms with E-state index in [9.17, 15) is 0 Å². The van der Waals surface area contributed by atoms with E-state index in [2.05, 4.69) is 16.7 Å². The molecule has 6 heteroatoms. The number of methoxy groups -OCH3 is 1. The van der Waals surface area contributed by atoms with Gasteiger partial charge in [0.25, 0.3) is 0 Å². The van der Waals surface area contributed by atoms with Gasteiger partial charge >= 0.3 is 0 Å². The van der Waals surface area contributed by atoms with Gasteiger partial charge in [0.05, 0.1) is 12.7 Å². The Kier molecular flexibility index (Phi) is 6.38. The Morgan fingerprint density at radius 3 is 2.94 bits per heavy atom. The largest absolute Gasteiger partial charge is 0.496 e. The van der Waals surface area contributed by atoms with Crippen LogP contribution in [-0.2, 0) is 6.54 Å². The molecule has 1 rings (SSSR count). The number of oxime groups is 1. The maximum Gasteiger partial charge on any atom is 0.173 e. The van der Waals surface area contributed by atoms with Crippen molar-refractivity contribution in [3.63, 3.8) is 0 Å². The Hall–Kier alpha value is -1.40. The molecule has 0 spiro atoms. The van der Waals surface area contributed by atoms with Crippen molar-refractivity contribution in [2.75, 3.05) is 25.7 Å². The average Bonchev–Trinajstić information content (AvgIpc) is 2.42. The molecule has 0 aliphatic rings. The van der Waals surface area contributed by atoms with Gasteiger partial charge in [-0.1, -0.05) is 11.2 Å². The molecular formula is C12H19N3O2S. The summed E-state index contributed by atoms with van der Waals surface area (Å²) in [6.07, 6.45) is 2.07. The van der Waals surface area contributed by atoms with Crippen LogP contribution in [0.4, 0.5) is 0 Å². The highest BCUT2D eigenvalue weighted by molar-refractivity contribution is 7.98. The van der Waals surface area contributed by atoms with Gasteiger partial charge in [-0.2, -0.15) is 11.8 Å². The third-order valence-electron chi connectivity index (χ3n) is 2.46. The van der Waals surface area contributed by atoms with E-state index in [0.29, 0.717) is 11.3 Å². The lowest BCUT2D eigenvalue weighted by Crippen LogP contribution is -2.18. The summed E-state index contributed by atoms with van der Waals surface area (Å²) >= 11 is 1.80. The lowest BCUT2D eigenvalue weighted by Gasteiger charge is -2.10. The molecule has 0 radical (unpaired) electrons. The van der Waals surface area contributed by atoms with Crippen molar-refractivity contribution < 1.29 is 9.94 Å². The number of nitrogens with zero attached hydrogens (tertiary/aromatic N) is 1. The number of hydrogen-bond donors (Lipinski definition) is 3. The molecule has 5 nitrogen and oxygen atoms in total. The Bertz CT molecular complexity index is 410. The van der Waals surface area contributed by atoms with Gasteiger partial charge in [-0.05, 0) is 24.0 Å². The minimum atomic E-state index is 0.0535. The van der Waals surface area contributed by atoms with Crippen molar-refractivity contribution in [1.82, 2.24) is 5.32 Å². The van der Waals surface area contributed by atoms with E-state index in [1.165, 1.54) is 0 Å². The van der Waals surface area contributed by atoms with Gasteiger partial charge in [-0.3, -0.25) is 0 Å². The number of benzene rings is 1. The van der Waals surface area contributed by atoms with Gasteiger partial charge < -0.3 is 21.0 Å². The molecule has 0 atom stereocenters. The number of hydrogen-bond acceptors (Lipinski definition) is 5. The third-order valence-corrected chi connectivity index (χ3v) is 3.07. The smallest absolute Gasteiger partial charge is 0.173 e. The Labute approximate surface area is 111 Å². The molecule has 1 aromatic rings. The second-order valence-corrected chi connectivity index (χ2v) is 4.68. The topological polar surface area (TPSA) is 79.9 Å². The fourth-order valence-electron chi connectivity index (χ4n) is 1.53. The molecule has 0 fully saturated rings. The second kappa shape index (κ2) is 7.84. The highest BCUT2D eigenvalue weighted by Crippen LogP contribution is 2.19. The molecule has 18 heavy (non-hydrogen) atoms. The summed E-state index contributed by atoms with van der Waals surface area (Å²) in [5.74, 6) is 1.72. The molecular weight excluding hydrogens is 250 g/mol. The zero-order valence-electron chi connectivity index (χ0n) is 10.6. The molecule has 0 aliphatic carbocycles.